The molecule has 2 atom stereocenters. The Labute approximate surface area is 240 Å². The Kier molecular flexibility index (Phi) is 12.7. The highest BCUT2D eigenvalue weighted by molar-refractivity contribution is 6.06. The van der Waals surface area contributed by atoms with Crippen molar-refractivity contribution < 1.29 is 19.1 Å². The number of rotatable bonds is 13. The van der Waals surface area contributed by atoms with E-state index in [0.29, 0.717) is 24.2 Å². The fraction of sp³-hybridized carbons (Fsp3) is 0.267. The lowest BCUT2D eigenvalue weighted by molar-refractivity contribution is -0.147. The highest BCUT2D eigenvalue weighted by Gasteiger charge is 2.30. The van der Waals surface area contributed by atoms with Crippen LogP contribution < -0.4 is 21.7 Å². The van der Waals surface area contributed by atoms with E-state index in [1.54, 1.807) is 38.1 Å². The molecule has 212 valence electrons. The summed E-state index contributed by atoms with van der Waals surface area (Å²) >= 11 is 0. The van der Waals surface area contributed by atoms with Gasteiger partial charge in [-0.25, -0.2) is 4.79 Å². The summed E-state index contributed by atoms with van der Waals surface area (Å²) in [6, 6.07) is 24.3. The van der Waals surface area contributed by atoms with E-state index in [2.05, 4.69) is 40.2 Å². The van der Waals surface area contributed by atoms with Crippen molar-refractivity contribution in [1.82, 2.24) is 10.6 Å². The Hall–Kier alpha value is -4.37. The van der Waals surface area contributed by atoms with Crippen molar-refractivity contribution in [2.45, 2.75) is 38.3 Å². The molecule has 10 heteroatoms. The third-order valence-corrected chi connectivity index (χ3v) is 6.16. The van der Waals surface area contributed by atoms with Crippen molar-refractivity contribution in [2.75, 3.05) is 18.5 Å². The fourth-order valence-corrected chi connectivity index (χ4v) is 4.15. The van der Waals surface area contributed by atoms with Crippen molar-refractivity contribution in [3.63, 3.8) is 0 Å². The molecule has 0 aromatic heterocycles. The molecule has 2 unspecified atom stereocenters. The number of amides is 2. The standard InChI is InChI=1S/C30H35N5O4.ClH/c1-3-39-30(38)26(35-24-16-10-15-23(19-24)27(31)32)29(37)34-20(2)28(36)33-18-17-25(21-11-6-4-7-12-21)22-13-8-5-9-14-22;/h4-16,19-20,25-26,35H,3,17-18H2,1-2H3,(H3,31,32)(H,33,36)(H,34,37);1H. The first kappa shape index (κ1) is 31.8. The maximum absolute atomic E-state index is 13.0. The molecular weight excluding hydrogens is 530 g/mol. The number of carbonyl (C=O) groups is 3. The van der Waals surface area contributed by atoms with Gasteiger partial charge in [0.15, 0.2) is 0 Å². The number of nitrogen functional groups attached to an aromatic ring is 1. The minimum atomic E-state index is -1.40. The third kappa shape index (κ3) is 9.13. The second-order valence-corrected chi connectivity index (χ2v) is 9.01. The van der Waals surface area contributed by atoms with Gasteiger partial charge in [0.2, 0.25) is 11.9 Å². The molecular formula is C30H36ClN5O4. The van der Waals surface area contributed by atoms with Crippen LogP contribution in [0.15, 0.2) is 84.9 Å². The molecule has 0 heterocycles. The second-order valence-electron chi connectivity index (χ2n) is 9.01. The molecule has 40 heavy (non-hydrogen) atoms. The quantitative estimate of drug-likeness (QED) is 0.0926. The lowest BCUT2D eigenvalue weighted by atomic mass is 9.88. The third-order valence-electron chi connectivity index (χ3n) is 6.16. The summed E-state index contributed by atoms with van der Waals surface area (Å²) in [7, 11) is 0. The van der Waals surface area contributed by atoms with Crippen LogP contribution in [-0.4, -0.2) is 48.9 Å². The average Bonchev–Trinajstić information content (AvgIpc) is 2.95. The summed E-state index contributed by atoms with van der Waals surface area (Å²) in [5, 5.41) is 15.9. The van der Waals surface area contributed by atoms with Gasteiger partial charge >= 0.3 is 5.97 Å². The molecule has 0 saturated heterocycles. The van der Waals surface area contributed by atoms with Crippen LogP contribution in [0, 0.1) is 5.41 Å². The number of hydrogen-bond acceptors (Lipinski definition) is 6. The molecule has 3 rings (SSSR count). The normalized spacial score (nSPS) is 11.9. The lowest BCUT2D eigenvalue weighted by Gasteiger charge is -2.22. The van der Waals surface area contributed by atoms with Crippen LogP contribution in [0.3, 0.4) is 0 Å². The first-order valence-corrected chi connectivity index (χ1v) is 12.9. The molecule has 0 aliphatic carbocycles. The molecule has 6 N–H and O–H groups in total. The maximum atomic E-state index is 13.0. The van der Waals surface area contributed by atoms with Crippen LogP contribution in [-0.2, 0) is 19.1 Å². The smallest absolute Gasteiger partial charge is 0.338 e. The first-order valence-electron chi connectivity index (χ1n) is 12.9. The Bertz CT molecular complexity index is 1230. The van der Waals surface area contributed by atoms with Gasteiger partial charge < -0.3 is 26.4 Å². The number of carbonyl (C=O) groups excluding carboxylic acids is 3. The van der Waals surface area contributed by atoms with E-state index in [1.807, 2.05) is 36.4 Å². The zero-order valence-corrected chi connectivity index (χ0v) is 23.4. The number of esters is 1. The molecule has 9 nitrogen and oxygen atoms in total. The fourth-order valence-electron chi connectivity index (χ4n) is 4.15. The average molecular weight is 566 g/mol. The Morgan fingerprint density at radius 1 is 0.900 bits per heavy atom. The number of hydrogen-bond donors (Lipinski definition) is 5. The topological polar surface area (TPSA) is 146 Å². The van der Waals surface area contributed by atoms with Crippen LogP contribution in [0.4, 0.5) is 5.69 Å². The van der Waals surface area contributed by atoms with Gasteiger partial charge in [-0.3, -0.25) is 15.0 Å². The van der Waals surface area contributed by atoms with E-state index in [-0.39, 0.29) is 36.7 Å². The van der Waals surface area contributed by atoms with Crippen LogP contribution in [0.1, 0.15) is 42.9 Å². The summed E-state index contributed by atoms with van der Waals surface area (Å²) in [5.74, 6) is -1.92. The summed E-state index contributed by atoms with van der Waals surface area (Å²) in [6.07, 6.45) is 0.667. The number of benzene rings is 3. The van der Waals surface area contributed by atoms with Crippen molar-refractivity contribution in [1.29, 1.82) is 5.41 Å². The summed E-state index contributed by atoms with van der Waals surface area (Å²) in [5.41, 5.74) is 8.68. The van der Waals surface area contributed by atoms with Crippen LogP contribution in [0.25, 0.3) is 0 Å². The molecule has 0 bridgehead atoms. The number of halogens is 1. The van der Waals surface area contributed by atoms with Gasteiger partial charge in [0.05, 0.1) is 6.61 Å². The Morgan fingerprint density at radius 3 is 2.05 bits per heavy atom. The minimum absolute atomic E-state index is 0. The van der Waals surface area contributed by atoms with E-state index in [0.717, 1.165) is 11.1 Å². The summed E-state index contributed by atoms with van der Waals surface area (Å²) in [4.78, 5) is 38.4. The van der Waals surface area contributed by atoms with Crippen molar-refractivity contribution in [2.24, 2.45) is 5.73 Å². The number of nitrogens with two attached hydrogens (primary N) is 1. The van der Waals surface area contributed by atoms with Gasteiger partial charge in [-0.15, -0.1) is 12.4 Å². The van der Waals surface area contributed by atoms with Gasteiger partial charge in [0, 0.05) is 23.7 Å². The highest BCUT2D eigenvalue weighted by atomic mass is 35.5. The van der Waals surface area contributed by atoms with Crippen molar-refractivity contribution in [3.8, 4) is 0 Å². The van der Waals surface area contributed by atoms with Crippen molar-refractivity contribution >= 4 is 41.7 Å². The zero-order chi connectivity index (χ0) is 28.2. The SMILES string of the molecule is CCOC(=O)C(Nc1cccc(C(=N)N)c1)C(=O)NC(C)C(=O)NCCC(c1ccccc1)c1ccccc1.Cl. The number of anilines is 1. The van der Waals surface area contributed by atoms with E-state index >= 15 is 0 Å². The Morgan fingerprint density at radius 2 is 1.50 bits per heavy atom. The van der Waals surface area contributed by atoms with E-state index in [4.69, 9.17) is 15.9 Å². The monoisotopic (exact) mass is 565 g/mol. The molecule has 0 aliphatic heterocycles. The number of ether oxygens (including phenoxy) is 1. The predicted octanol–water partition coefficient (Wildman–Crippen LogP) is 3.58. The first-order chi connectivity index (χ1) is 18.8. The van der Waals surface area contributed by atoms with Gasteiger partial charge in [0.1, 0.15) is 11.9 Å². The predicted molar refractivity (Wildman–Crippen MR) is 159 cm³/mol. The van der Waals surface area contributed by atoms with E-state index in [9.17, 15) is 14.4 Å². The van der Waals surface area contributed by atoms with Crippen LogP contribution in [0.5, 0.6) is 0 Å². The molecule has 0 saturated carbocycles. The molecule has 0 radical (unpaired) electrons. The maximum Gasteiger partial charge on any atom is 0.338 e. The van der Waals surface area contributed by atoms with Gasteiger partial charge in [-0.2, -0.15) is 0 Å². The molecule has 2 amide bonds. The second kappa shape index (κ2) is 15.9. The summed E-state index contributed by atoms with van der Waals surface area (Å²) in [6.45, 7) is 3.66. The molecule has 0 spiro atoms. The minimum Gasteiger partial charge on any atom is -0.464 e. The molecule has 0 aliphatic rings. The highest BCUT2D eigenvalue weighted by Crippen LogP contribution is 2.27. The van der Waals surface area contributed by atoms with E-state index < -0.39 is 24.0 Å². The lowest BCUT2D eigenvalue weighted by Crippen LogP contribution is -2.52. The largest absolute Gasteiger partial charge is 0.464 e. The number of amidine groups is 1. The zero-order valence-electron chi connectivity index (χ0n) is 22.6. The summed E-state index contributed by atoms with van der Waals surface area (Å²) < 4.78 is 5.06. The Balaban J connectivity index is 0.00000560. The van der Waals surface area contributed by atoms with Gasteiger partial charge in [0.25, 0.3) is 5.91 Å². The molecule has 0 fully saturated rings. The van der Waals surface area contributed by atoms with Crippen LogP contribution in [0.2, 0.25) is 0 Å². The molecule has 3 aromatic rings. The van der Waals surface area contributed by atoms with Crippen molar-refractivity contribution in [3.05, 3.63) is 102 Å². The van der Waals surface area contributed by atoms with Gasteiger partial charge in [-0.1, -0.05) is 72.8 Å². The van der Waals surface area contributed by atoms with E-state index in [1.165, 1.54) is 0 Å². The van der Waals surface area contributed by atoms with Gasteiger partial charge in [-0.05, 0) is 43.5 Å². The molecule has 3 aromatic carbocycles. The number of nitrogens with one attached hydrogen (secondary N) is 4. The van der Waals surface area contributed by atoms with Crippen LogP contribution >= 0.6 is 12.4 Å².